The minimum Gasteiger partial charge on any atom is -0.493 e. The van der Waals surface area contributed by atoms with E-state index in [9.17, 15) is 4.79 Å². The van der Waals surface area contributed by atoms with Crippen molar-refractivity contribution in [1.29, 1.82) is 0 Å². The van der Waals surface area contributed by atoms with Crippen LogP contribution in [-0.4, -0.2) is 27.3 Å². The van der Waals surface area contributed by atoms with Gasteiger partial charge in [-0.05, 0) is 23.9 Å². The van der Waals surface area contributed by atoms with E-state index in [4.69, 9.17) is 14.2 Å². The average Bonchev–Trinajstić information content (AvgIpc) is 2.55. The molecule has 2 rings (SSSR count). The number of hydrogen-bond donors (Lipinski definition) is 0. The monoisotopic (exact) mass is 318 g/mol. The summed E-state index contributed by atoms with van der Waals surface area (Å²) < 4.78 is 16.0. The second-order valence-corrected chi connectivity index (χ2v) is 5.96. The maximum atomic E-state index is 11.3. The van der Waals surface area contributed by atoms with Gasteiger partial charge in [-0.15, -0.1) is 0 Å². The van der Waals surface area contributed by atoms with E-state index in [0.29, 0.717) is 25.6 Å². The van der Waals surface area contributed by atoms with Gasteiger partial charge in [-0.1, -0.05) is 38.9 Å². The topological polar surface area (TPSA) is 44.8 Å². The number of ether oxygens (including phenoxy) is 3. The second kappa shape index (κ2) is 7.92. The molecular formula is C17H19O4P. The molecule has 0 N–H and O–H groups in total. The number of aldehydes is 1. The van der Waals surface area contributed by atoms with Gasteiger partial charge in [0.15, 0.2) is 24.6 Å². The molecule has 2 aromatic rings. The molecule has 0 bridgehead atoms. The summed E-state index contributed by atoms with van der Waals surface area (Å²) in [5.74, 6) is 1.31. The first-order valence-corrected chi connectivity index (χ1v) is 7.81. The number of hydrogen-bond acceptors (Lipinski definition) is 4. The van der Waals surface area contributed by atoms with Gasteiger partial charge in [0, 0.05) is 18.0 Å². The van der Waals surface area contributed by atoms with Crippen LogP contribution in [0.1, 0.15) is 15.9 Å². The Hall–Kier alpha value is -1.90. The van der Waals surface area contributed by atoms with Crippen molar-refractivity contribution < 1.29 is 19.0 Å². The quantitative estimate of drug-likeness (QED) is 0.447. The van der Waals surface area contributed by atoms with E-state index in [1.165, 1.54) is 0 Å². The van der Waals surface area contributed by atoms with Crippen LogP contribution < -0.4 is 20.1 Å². The number of carbonyl (C=O) groups excluding carboxylic acids is 1. The predicted octanol–water partition coefficient (Wildman–Crippen LogP) is 2.43. The zero-order valence-corrected chi connectivity index (χ0v) is 13.9. The number of methoxy groups -OCH3 is 2. The molecule has 0 radical (unpaired) electrons. The van der Waals surface area contributed by atoms with Gasteiger partial charge in [-0.3, -0.25) is 4.79 Å². The lowest BCUT2D eigenvalue weighted by Crippen LogP contribution is -2.15. The van der Waals surface area contributed by atoms with Crippen LogP contribution in [0.3, 0.4) is 0 Å². The lowest BCUT2D eigenvalue weighted by Gasteiger charge is -2.16. The first-order chi connectivity index (χ1) is 10.7. The summed E-state index contributed by atoms with van der Waals surface area (Å²) in [5.41, 5.74) is 1.79. The molecule has 0 heterocycles. The Morgan fingerprint density at radius 2 is 1.91 bits per heavy atom. The zero-order valence-electron chi connectivity index (χ0n) is 12.9. The third-order valence-corrected chi connectivity index (χ3v) is 4.81. The van der Waals surface area contributed by atoms with E-state index in [2.05, 4.69) is 0 Å². The van der Waals surface area contributed by atoms with E-state index >= 15 is 0 Å². The van der Waals surface area contributed by atoms with Crippen LogP contribution in [0, 0.1) is 6.92 Å². The largest absolute Gasteiger partial charge is 0.493 e. The van der Waals surface area contributed by atoms with E-state index in [0.717, 1.165) is 22.5 Å². The summed E-state index contributed by atoms with van der Waals surface area (Å²) >= 11 is 0. The van der Waals surface area contributed by atoms with Crippen LogP contribution in [0.15, 0.2) is 36.4 Å². The zero-order chi connectivity index (χ0) is 15.9. The number of rotatable bonds is 7. The second-order valence-electron chi connectivity index (χ2n) is 4.67. The number of aryl methyl sites for hydroxylation is 1. The minimum absolute atomic E-state index is 0.145. The fourth-order valence-electron chi connectivity index (χ4n) is 2.14. The van der Waals surface area contributed by atoms with Crippen molar-refractivity contribution in [3.63, 3.8) is 0 Å². The smallest absolute Gasteiger partial charge is 0.188 e. The highest BCUT2D eigenvalue weighted by Gasteiger charge is 2.14. The van der Waals surface area contributed by atoms with Crippen LogP contribution in [0.2, 0.25) is 0 Å². The maximum absolute atomic E-state index is 11.3. The maximum Gasteiger partial charge on any atom is 0.188 e. The molecule has 0 aliphatic heterocycles. The Kier molecular flexibility index (Phi) is 5.93. The summed E-state index contributed by atoms with van der Waals surface area (Å²) in [6.07, 6.45) is 0.894. The minimum atomic E-state index is 0.145. The molecule has 0 aromatic heterocycles. The molecular weight excluding hydrogens is 299 g/mol. The summed E-state index contributed by atoms with van der Waals surface area (Å²) in [7, 11) is 3.48. The van der Waals surface area contributed by atoms with Crippen molar-refractivity contribution in [2.45, 2.75) is 6.92 Å². The molecule has 0 aliphatic rings. The van der Waals surface area contributed by atoms with E-state index < -0.39 is 0 Å². The number of para-hydroxylation sites is 1. The SMILES string of the molecule is COCOc1c(OC)cccc1Pc1c(C)cccc1C=O. The van der Waals surface area contributed by atoms with Crippen molar-refractivity contribution in [1.82, 2.24) is 0 Å². The van der Waals surface area contributed by atoms with Crippen LogP contribution in [0.5, 0.6) is 11.5 Å². The van der Waals surface area contributed by atoms with Crippen molar-refractivity contribution in [2.75, 3.05) is 21.0 Å². The fourth-order valence-corrected chi connectivity index (χ4v) is 3.46. The molecule has 4 nitrogen and oxygen atoms in total. The predicted molar refractivity (Wildman–Crippen MR) is 89.6 cm³/mol. The fraction of sp³-hybridized carbons (Fsp3) is 0.235. The summed E-state index contributed by atoms with van der Waals surface area (Å²) in [5, 5.41) is 2.00. The molecule has 0 fully saturated rings. The lowest BCUT2D eigenvalue weighted by molar-refractivity contribution is 0.0500. The van der Waals surface area contributed by atoms with Crippen LogP contribution >= 0.6 is 8.58 Å². The van der Waals surface area contributed by atoms with Gasteiger partial charge >= 0.3 is 0 Å². The molecule has 0 saturated carbocycles. The first-order valence-electron chi connectivity index (χ1n) is 6.81. The Morgan fingerprint density at radius 3 is 2.59 bits per heavy atom. The molecule has 0 spiro atoms. The molecule has 5 heteroatoms. The summed E-state index contributed by atoms with van der Waals surface area (Å²) in [6, 6.07) is 11.5. The first kappa shape index (κ1) is 16.5. The number of benzene rings is 2. The van der Waals surface area contributed by atoms with E-state index in [1.54, 1.807) is 14.2 Å². The summed E-state index contributed by atoms with van der Waals surface area (Å²) in [4.78, 5) is 11.3. The standard InChI is InChI=1S/C17H19O4P/c1-12-6-4-7-13(10-18)17(12)22-15-9-5-8-14(20-3)16(15)21-11-19-2/h4-10,22H,11H2,1-3H3. The number of carbonyl (C=O) groups is 1. The normalized spacial score (nSPS) is 10.9. The molecule has 116 valence electrons. The van der Waals surface area contributed by atoms with Gasteiger partial charge in [0.05, 0.1) is 7.11 Å². The van der Waals surface area contributed by atoms with Gasteiger partial charge in [0.1, 0.15) is 0 Å². The van der Waals surface area contributed by atoms with Crippen LogP contribution in [-0.2, 0) is 4.74 Å². The highest BCUT2D eigenvalue weighted by molar-refractivity contribution is 7.56. The van der Waals surface area contributed by atoms with Crippen molar-refractivity contribution in [3.8, 4) is 11.5 Å². The molecule has 1 unspecified atom stereocenters. The summed E-state index contributed by atoms with van der Waals surface area (Å²) in [6.45, 7) is 2.15. The Morgan fingerprint density at radius 1 is 1.14 bits per heavy atom. The molecule has 22 heavy (non-hydrogen) atoms. The highest BCUT2D eigenvalue weighted by Crippen LogP contribution is 2.30. The van der Waals surface area contributed by atoms with Gasteiger partial charge < -0.3 is 14.2 Å². The molecule has 0 amide bonds. The molecule has 2 aromatic carbocycles. The highest BCUT2D eigenvalue weighted by atomic mass is 31.1. The van der Waals surface area contributed by atoms with Crippen LogP contribution in [0.4, 0.5) is 0 Å². The molecule has 0 saturated heterocycles. The van der Waals surface area contributed by atoms with Gasteiger partial charge in [0.2, 0.25) is 0 Å². The van der Waals surface area contributed by atoms with Gasteiger partial charge in [0.25, 0.3) is 0 Å². The average molecular weight is 318 g/mol. The molecule has 1 atom stereocenters. The lowest BCUT2D eigenvalue weighted by atomic mass is 10.1. The van der Waals surface area contributed by atoms with Gasteiger partial charge in [-0.25, -0.2) is 0 Å². The Labute approximate surface area is 132 Å². The third-order valence-electron chi connectivity index (χ3n) is 3.21. The van der Waals surface area contributed by atoms with Crippen molar-refractivity contribution in [2.24, 2.45) is 0 Å². The van der Waals surface area contributed by atoms with E-state index in [1.807, 2.05) is 43.3 Å². The molecule has 0 aliphatic carbocycles. The van der Waals surface area contributed by atoms with Gasteiger partial charge in [-0.2, -0.15) is 0 Å². The van der Waals surface area contributed by atoms with Crippen molar-refractivity contribution in [3.05, 3.63) is 47.5 Å². The van der Waals surface area contributed by atoms with E-state index in [-0.39, 0.29) is 6.79 Å². The Balaban J connectivity index is 2.43. The van der Waals surface area contributed by atoms with Crippen LogP contribution in [0.25, 0.3) is 0 Å². The third kappa shape index (κ3) is 3.65. The van der Waals surface area contributed by atoms with Crippen molar-refractivity contribution >= 4 is 25.5 Å². The Bertz CT molecular complexity index is 655.